The van der Waals surface area contributed by atoms with E-state index in [9.17, 15) is 4.79 Å². The summed E-state index contributed by atoms with van der Waals surface area (Å²) < 4.78 is 1.91. The van der Waals surface area contributed by atoms with E-state index in [0.717, 1.165) is 23.9 Å². The zero-order chi connectivity index (χ0) is 13.0. The lowest BCUT2D eigenvalue weighted by atomic mass is 9.95. The number of aromatic amines is 1. The average Bonchev–Trinajstić information content (AvgIpc) is 2.78. The molecule has 4 nitrogen and oxygen atoms in total. The molecule has 18 heavy (non-hydrogen) atoms. The van der Waals surface area contributed by atoms with Crippen LogP contribution in [-0.4, -0.2) is 14.5 Å². The van der Waals surface area contributed by atoms with E-state index >= 15 is 0 Å². The third-order valence-corrected chi connectivity index (χ3v) is 3.46. The van der Waals surface area contributed by atoms with Crippen molar-refractivity contribution in [3.63, 3.8) is 0 Å². The van der Waals surface area contributed by atoms with E-state index in [-0.39, 0.29) is 5.69 Å². The van der Waals surface area contributed by atoms with Gasteiger partial charge in [-0.15, -0.1) is 0 Å². The van der Waals surface area contributed by atoms with Gasteiger partial charge in [-0.1, -0.05) is 33.1 Å². The van der Waals surface area contributed by atoms with Crippen molar-refractivity contribution in [2.45, 2.75) is 52.0 Å². The van der Waals surface area contributed by atoms with Crippen LogP contribution in [0.2, 0.25) is 0 Å². The Morgan fingerprint density at radius 3 is 2.72 bits per heavy atom. The maximum atomic E-state index is 11.9. The summed E-state index contributed by atoms with van der Waals surface area (Å²) in [4.78, 5) is 18.8. The predicted molar refractivity (Wildman–Crippen MR) is 73.8 cm³/mol. The third kappa shape index (κ3) is 2.33. The van der Waals surface area contributed by atoms with Crippen molar-refractivity contribution in [2.24, 2.45) is 0 Å². The van der Waals surface area contributed by atoms with Gasteiger partial charge in [0.15, 0.2) is 0 Å². The zero-order valence-electron chi connectivity index (χ0n) is 11.1. The fourth-order valence-electron chi connectivity index (χ4n) is 2.68. The molecule has 1 saturated carbocycles. The maximum Gasteiger partial charge on any atom is 0.326 e. The maximum absolute atomic E-state index is 11.9. The number of rotatable bonds is 1. The normalized spacial score (nSPS) is 16.3. The van der Waals surface area contributed by atoms with Gasteiger partial charge in [0.05, 0.1) is 17.2 Å². The summed E-state index contributed by atoms with van der Waals surface area (Å²) in [5, 5.41) is 0. The predicted octanol–water partition coefficient (Wildman–Crippen LogP) is 3.26. The third-order valence-electron chi connectivity index (χ3n) is 3.46. The van der Waals surface area contributed by atoms with Crippen molar-refractivity contribution in [3.05, 3.63) is 28.9 Å². The summed E-state index contributed by atoms with van der Waals surface area (Å²) in [6, 6.07) is 2.29. The summed E-state index contributed by atoms with van der Waals surface area (Å²) in [6.45, 7) is 4.00. The Labute approximate surface area is 107 Å². The molecule has 0 aromatic carbocycles. The van der Waals surface area contributed by atoms with Gasteiger partial charge in [-0.05, 0) is 18.9 Å². The van der Waals surface area contributed by atoms with Crippen molar-refractivity contribution in [3.8, 4) is 0 Å². The van der Waals surface area contributed by atoms with Crippen molar-refractivity contribution >= 4 is 11.0 Å². The average molecular weight is 247 g/mol. The standard InChI is InChI=1S/C12H15N3O.C2H6/c16-12-14-10-8-13-7-6-11(10)15(12)9-4-2-1-3-5-9;1-2/h6-9H,1-5H2,(H,14,16);1-2H3. The SMILES string of the molecule is CC.O=c1[nH]c2cnccc2n1C1CCCCC1. The number of aromatic nitrogens is 3. The second-order valence-electron chi connectivity index (χ2n) is 4.48. The minimum atomic E-state index is 0.00917. The van der Waals surface area contributed by atoms with Gasteiger partial charge in [0, 0.05) is 12.2 Å². The van der Waals surface area contributed by atoms with Gasteiger partial charge in [0.2, 0.25) is 0 Å². The molecule has 0 amide bonds. The van der Waals surface area contributed by atoms with Crippen molar-refractivity contribution in [1.29, 1.82) is 0 Å². The van der Waals surface area contributed by atoms with E-state index in [2.05, 4.69) is 9.97 Å². The number of nitrogens with one attached hydrogen (secondary N) is 1. The Morgan fingerprint density at radius 1 is 1.28 bits per heavy atom. The van der Waals surface area contributed by atoms with Gasteiger partial charge >= 0.3 is 5.69 Å². The number of fused-ring (bicyclic) bond motifs is 1. The largest absolute Gasteiger partial charge is 0.326 e. The molecule has 4 heteroatoms. The number of pyridine rings is 1. The molecule has 2 aromatic heterocycles. The molecule has 0 radical (unpaired) electrons. The Kier molecular flexibility index (Phi) is 4.18. The fourth-order valence-corrected chi connectivity index (χ4v) is 2.68. The first-order valence-electron chi connectivity index (χ1n) is 6.90. The van der Waals surface area contributed by atoms with Crippen LogP contribution >= 0.6 is 0 Å². The van der Waals surface area contributed by atoms with E-state index < -0.39 is 0 Å². The highest BCUT2D eigenvalue weighted by Gasteiger charge is 2.19. The molecule has 3 rings (SSSR count). The molecule has 0 bridgehead atoms. The topological polar surface area (TPSA) is 50.7 Å². The van der Waals surface area contributed by atoms with Crippen LogP contribution in [0.15, 0.2) is 23.3 Å². The van der Waals surface area contributed by atoms with Crippen LogP contribution in [0.1, 0.15) is 52.0 Å². The van der Waals surface area contributed by atoms with E-state index in [4.69, 9.17) is 0 Å². The molecule has 0 atom stereocenters. The van der Waals surface area contributed by atoms with E-state index in [1.54, 1.807) is 12.4 Å². The molecule has 1 N–H and O–H groups in total. The molecule has 98 valence electrons. The quantitative estimate of drug-likeness (QED) is 0.841. The molecule has 1 aliphatic carbocycles. The van der Waals surface area contributed by atoms with Gasteiger partial charge in [-0.25, -0.2) is 4.79 Å². The lowest BCUT2D eigenvalue weighted by Crippen LogP contribution is -2.23. The van der Waals surface area contributed by atoms with Crippen molar-refractivity contribution in [1.82, 2.24) is 14.5 Å². The molecule has 1 fully saturated rings. The van der Waals surface area contributed by atoms with Gasteiger partial charge in [0.25, 0.3) is 0 Å². The molecule has 0 aliphatic heterocycles. The van der Waals surface area contributed by atoms with Crippen LogP contribution < -0.4 is 5.69 Å². The molecule has 0 unspecified atom stereocenters. The van der Waals surface area contributed by atoms with Gasteiger partial charge < -0.3 is 4.98 Å². The van der Waals surface area contributed by atoms with Gasteiger partial charge in [0.1, 0.15) is 0 Å². The molecular formula is C14H21N3O. The van der Waals surface area contributed by atoms with Crippen LogP contribution in [0.4, 0.5) is 0 Å². The summed E-state index contributed by atoms with van der Waals surface area (Å²) in [7, 11) is 0. The highest BCUT2D eigenvalue weighted by atomic mass is 16.1. The minimum absolute atomic E-state index is 0.00917. The Bertz CT molecular complexity index is 549. The zero-order valence-corrected chi connectivity index (χ0v) is 11.1. The monoisotopic (exact) mass is 247 g/mol. The second kappa shape index (κ2) is 5.85. The van der Waals surface area contributed by atoms with Crippen LogP contribution in [0.25, 0.3) is 11.0 Å². The summed E-state index contributed by atoms with van der Waals surface area (Å²) in [5.41, 5.74) is 1.85. The second-order valence-corrected chi connectivity index (χ2v) is 4.48. The first-order valence-corrected chi connectivity index (χ1v) is 6.90. The molecule has 0 saturated heterocycles. The molecule has 0 spiro atoms. The van der Waals surface area contributed by atoms with Crippen LogP contribution in [0, 0.1) is 0 Å². The van der Waals surface area contributed by atoms with Gasteiger partial charge in [-0.2, -0.15) is 0 Å². The van der Waals surface area contributed by atoms with Crippen molar-refractivity contribution in [2.75, 3.05) is 0 Å². The molecule has 2 heterocycles. The van der Waals surface area contributed by atoms with E-state index in [1.165, 1.54) is 19.3 Å². The first kappa shape index (κ1) is 12.9. The van der Waals surface area contributed by atoms with Crippen LogP contribution in [0.5, 0.6) is 0 Å². The summed E-state index contributed by atoms with van der Waals surface area (Å²) in [6.07, 6.45) is 9.47. The number of nitrogens with zero attached hydrogens (tertiary/aromatic N) is 2. The minimum Gasteiger partial charge on any atom is -0.304 e. The number of imidazole rings is 1. The number of hydrogen-bond donors (Lipinski definition) is 1. The fraction of sp³-hybridized carbons (Fsp3) is 0.571. The highest BCUT2D eigenvalue weighted by Crippen LogP contribution is 2.28. The molecule has 1 aliphatic rings. The van der Waals surface area contributed by atoms with Crippen LogP contribution in [-0.2, 0) is 0 Å². The van der Waals surface area contributed by atoms with Crippen LogP contribution in [0.3, 0.4) is 0 Å². The Balaban J connectivity index is 0.000000574. The molecule has 2 aromatic rings. The lowest BCUT2D eigenvalue weighted by molar-refractivity contribution is 0.353. The lowest BCUT2D eigenvalue weighted by Gasteiger charge is -2.22. The number of hydrogen-bond acceptors (Lipinski definition) is 2. The summed E-state index contributed by atoms with van der Waals surface area (Å²) in [5.74, 6) is 0. The smallest absolute Gasteiger partial charge is 0.304 e. The van der Waals surface area contributed by atoms with E-state index in [0.29, 0.717) is 6.04 Å². The highest BCUT2D eigenvalue weighted by molar-refractivity contribution is 5.73. The van der Waals surface area contributed by atoms with Gasteiger partial charge in [-0.3, -0.25) is 9.55 Å². The Hall–Kier alpha value is -1.58. The number of H-pyrrole nitrogens is 1. The Morgan fingerprint density at radius 2 is 2.00 bits per heavy atom. The van der Waals surface area contributed by atoms with E-state index in [1.807, 2.05) is 24.5 Å². The van der Waals surface area contributed by atoms with Crippen molar-refractivity contribution < 1.29 is 0 Å². The first-order chi connectivity index (χ1) is 8.86. The molecular weight excluding hydrogens is 226 g/mol. The summed E-state index contributed by atoms with van der Waals surface area (Å²) >= 11 is 0.